The molecule has 0 heterocycles. The van der Waals surface area contributed by atoms with Crippen molar-refractivity contribution in [3.05, 3.63) is 29.8 Å². The number of nitrogens with zero attached hydrogens (tertiary/aromatic N) is 1. The average molecular weight is 233 g/mol. The summed E-state index contributed by atoms with van der Waals surface area (Å²) >= 11 is 0. The van der Waals surface area contributed by atoms with Crippen LogP contribution < -0.4 is 4.90 Å². The zero-order valence-corrected chi connectivity index (χ0v) is 10.9. The largest absolute Gasteiger partial charge is 0.388 e. The molecule has 1 aromatic carbocycles. The van der Waals surface area contributed by atoms with Gasteiger partial charge in [-0.3, -0.25) is 0 Å². The molecule has 0 aliphatic heterocycles. The summed E-state index contributed by atoms with van der Waals surface area (Å²) < 4.78 is 0. The number of aliphatic hydroxyl groups excluding tert-OH is 1. The third-order valence-corrected chi connectivity index (χ3v) is 3.86. The number of aliphatic hydroxyl groups is 1. The number of hydrogen-bond acceptors (Lipinski definition) is 2. The van der Waals surface area contributed by atoms with E-state index in [-0.39, 0.29) is 6.10 Å². The predicted molar refractivity (Wildman–Crippen MR) is 72.3 cm³/mol. The summed E-state index contributed by atoms with van der Waals surface area (Å²) in [5.74, 6) is 0.890. The zero-order valence-electron chi connectivity index (χ0n) is 10.9. The second-order valence-corrected chi connectivity index (χ2v) is 5.19. The van der Waals surface area contributed by atoms with Crippen LogP contribution in [0.15, 0.2) is 24.3 Å². The van der Waals surface area contributed by atoms with Gasteiger partial charge in [-0.2, -0.15) is 0 Å². The van der Waals surface area contributed by atoms with Crippen LogP contribution in [0.3, 0.4) is 0 Å². The molecule has 1 aliphatic rings. The SMILES string of the molecule is CCC(O)c1ccc(N(C)CC2CCC2)cc1. The van der Waals surface area contributed by atoms with Crippen molar-refractivity contribution >= 4 is 5.69 Å². The Morgan fingerprint density at radius 2 is 1.94 bits per heavy atom. The van der Waals surface area contributed by atoms with E-state index < -0.39 is 0 Å². The Morgan fingerprint density at radius 3 is 2.41 bits per heavy atom. The smallest absolute Gasteiger partial charge is 0.0787 e. The minimum absolute atomic E-state index is 0.319. The summed E-state index contributed by atoms with van der Waals surface area (Å²) in [5, 5.41) is 9.74. The first-order valence-corrected chi connectivity index (χ1v) is 6.70. The summed E-state index contributed by atoms with van der Waals surface area (Å²) in [6.07, 6.45) is 4.63. The Morgan fingerprint density at radius 1 is 1.29 bits per heavy atom. The lowest BCUT2D eigenvalue weighted by atomic mass is 9.85. The molecular weight excluding hydrogens is 210 g/mol. The molecule has 1 fully saturated rings. The van der Waals surface area contributed by atoms with Crippen molar-refractivity contribution in [2.24, 2.45) is 5.92 Å². The maximum absolute atomic E-state index is 9.74. The molecule has 0 saturated heterocycles. The first-order valence-electron chi connectivity index (χ1n) is 6.70. The van der Waals surface area contributed by atoms with Crippen LogP contribution in [0.4, 0.5) is 5.69 Å². The maximum Gasteiger partial charge on any atom is 0.0787 e. The molecule has 1 saturated carbocycles. The Labute approximate surface area is 104 Å². The fourth-order valence-electron chi connectivity index (χ4n) is 2.35. The van der Waals surface area contributed by atoms with Gasteiger partial charge in [-0.15, -0.1) is 0 Å². The average Bonchev–Trinajstić information content (AvgIpc) is 2.32. The summed E-state index contributed by atoms with van der Waals surface area (Å²) in [4.78, 5) is 2.33. The van der Waals surface area contributed by atoms with E-state index >= 15 is 0 Å². The molecule has 1 aliphatic carbocycles. The first-order chi connectivity index (χ1) is 8.20. The second kappa shape index (κ2) is 5.54. The quantitative estimate of drug-likeness (QED) is 0.843. The van der Waals surface area contributed by atoms with E-state index in [2.05, 4.69) is 24.1 Å². The van der Waals surface area contributed by atoms with Gasteiger partial charge in [0.15, 0.2) is 0 Å². The van der Waals surface area contributed by atoms with E-state index in [4.69, 9.17) is 0 Å². The normalized spacial score (nSPS) is 17.6. The molecule has 1 N–H and O–H groups in total. The molecule has 1 unspecified atom stereocenters. The Balaban J connectivity index is 1.96. The monoisotopic (exact) mass is 233 g/mol. The summed E-state index contributed by atoms with van der Waals surface area (Å²) in [6.45, 7) is 3.16. The topological polar surface area (TPSA) is 23.5 Å². The number of benzene rings is 1. The van der Waals surface area contributed by atoms with Gasteiger partial charge in [-0.25, -0.2) is 0 Å². The van der Waals surface area contributed by atoms with Crippen LogP contribution in [0, 0.1) is 5.92 Å². The predicted octanol–water partition coefficient (Wildman–Crippen LogP) is 3.37. The van der Waals surface area contributed by atoms with Gasteiger partial charge in [-0.05, 0) is 42.9 Å². The van der Waals surface area contributed by atoms with E-state index in [1.807, 2.05) is 19.1 Å². The third kappa shape index (κ3) is 3.01. The molecule has 0 aromatic heterocycles. The van der Waals surface area contributed by atoms with Gasteiger partial charge < -0.3 is 10.0 Å². The van der Waals surface area contributed by atoms with Crippen LogP contribution in [-0.4, -0.2) is 18.7 Å². The first kappa shape index (κ1) is 12.4. The second-order valence-electron chi connectivity index (χ2n) is 5.19. The van der Waals surface area contributed by atoms with Crippen LogP contribution >= 0.6 is 0 Å². The van der Waals surface area contributed by atoms with Crippen molar-refractivity contribution in [2.45, 2.75) is 38.7 Å². The standard InChI is InChI=1S/C15H23NO/c1-3-15(17)13-7-9-14(10-8-13)16(2)11-12-5-4-6-12/h7-10,12,15,17H,3-6,11H2,1-2H3. The highest BCUT2D eigenvalue weighted by Gasteiger charge is 2.19. The van der Waals surface area contributed by atoms with Gasteiger partial charge in [-0.1, -0.05) is 25.5 Å². The zero-order chi connectivity index (χ0) is 12.3. The fraction of sp³-hybridized carbons (Fsp3) is 0.600. The van der Waals surface area contributed by atoms with E-state index in [0.717, 1.165) is 24.4 Å². The molecule has 0 spiro atoms. The molecule has 17 heavy (non-hydrogen) atoms. The van der Waals surface area contributed by atoms with Gasteiger partial charge in [0, 0.05) is 19.3 Å². The molecule has 0 radical (unpaired) electrons. The third-order valence-electron chi connectivity index (χ3n) is 3.86. The van der Waals surface area contributed by atoms with Gasteiger partial charge >= 0.3 is 0 Å². The van der Waals surface area contributed by atoms with Crippen molar-refractivity contribution < 1.29 is 5.11 Å². The van der Waals surface area contributed by atoms with Crippen molar-refractivity contribution in [2.75, 3.05) is 18.5 Å². The fourth-order valence-corrected chi connectivity index (χ4v) is 2.35. The molecule has 1 aromatic rings. The van der Waals surface area contributed by atoms with E-state index in [1.165, 1.54) is 24.9 Å². The van der Waals surface area contributed by atoms with Crippen LogP contribution in [0.5, 0.6) is 0 Å². The lowest BCUT2D eigenvalue weighted by Crippen LogP contribution is -2.29. The van der Waals surface area contributed by atoms with Gasteiger partial charge in [0.25, 0.3) is 0 Å². The van der Waals surface area contributed by atoms with Crippen LogP contribution in [0.2, 0.25) is 0 Å². The van der Waals surface area contributed by atoms with Crippen molar-refractivity contribution in [3.8, 4) is 0 Å². The molecule has 1 atom stereocenters. The van der Waals surface area contributed by atoms with Gasteiger partial charge in [0.2, 0.25) is 0 Å². The molecule has 2 nitrogen and oxygen atoms in total. The van der Waals surface area contributed by atoms with Crippen LogP contribution in [-0.2, 0) is 0 Å². The van der Waals surface area contributed by atoms with Gasteiger partial charge in [0.1, 0.15) is 0 Å². The number of hydrogen-bond donors (Lipinski definition) is 1. The molecule has 2 rings (SSSR count). The van der Waals surface area contributed by atoms with E-state index in [1.54, 1.807) is 0 Å². The van der Waals surface area contributed by atoms with Crippen LogP contribution in [0.25, 0.3) is 0 Å². The highest BCUT2D eigenvalue weighted by Crippen LogP contribution is 2.28. The minimum atomic E-state index is -0.319. The highest BCUT2D eigenvalue weighted by molar-refractivity contribution is 5.47. The molecule has 2 heteroatoms. The summed E-state index contributed by atoms with van der Waals surface area (Å²) in [6, 6.07) is 8.32. The minimum Gasteiger partial charge on any atom is -0.388 e. The summed E-state index contributed by atoms with van der Waals surface area (Å²) in [7, 11) is 2.16. The Hall–Kier alpha value is -1.02. The van der Waals surface area contributed by atoms with E-state index in [0.29, 0.717) is 0 Å². The summed E-state index contributed by atoms with van der Waals surface area (Å²) in [5.41, 5.74) is 2.28. The maximum atomic E-state index is 9.74. The van der Waals surface area contributed by atoms with E-state index in [9.17, 15) is 5.11 Å². The highest BCUT2D eigenvalue weighted by atomic mass is 16.3. The number of anilines is 1. The Bertz CT molecular complexity index is 342. The Kier molecular flexibility index (Phi) is 4.06. The molecule has 0 amide bonds. The van der Waals surface area contributed by atoms with Crippen LogP contribution in [0.1, 0.15) is 44.3 Å². The van der Waals surface area contributed by atoms with Crippen molar-refractivity contribution in [1.29, 1.82) is 0 Å². The van der Waals surface area contributed by atoms with Crippen molar-refractivity contribution in [3.63, 3.8) is 0 Å². The molecular formula is C15H23NO. The van der Waals surface area contributed by atoms with Crippen molar-refractivity contribution in [1.82, 2.24) is 0 Å². The number of rotatable bonds is 5. The molecule has 0 bridgehead atoms. The molecule has 94 valence electrons. The van der Waals surface area contributed by atoms with Gasteiger partial charge in [0.05, 0.1) is 6.10 Å². The lowest BCUT2D eigenvalue weighted by molar-refractivity contribution is 0.173. The lowest BCUT2D eigenvalue weighted by Gasteiger charge is -2.31.